The fraction of sp³-hybridized carbons (Fsp3) is 0.467. The number of halogens is 1. The van der Waals surface area contributed by atoms with E-state index in [1.54, 1.807) is 0 Å². The lowest BCUT2D eigenvalue weighted by Crippen LogP contribution is -2.27. The van der Waals surface area contributed by atoms with Crippen molar-refractivity contribution in [2.45, 2.75) is 32.1 Å². The molecule has 3 N–H and O–H groups in total. The summed E-state index contributed by atoms with van der Waals surface area (Å²) in [5, 5.41) is 2.03. The molecule has 0 saturated heterocycles. The molecule has 0 bridgehead atoms. The molecule has 0 aliphatic heterocycles. The highest BCUT2D eigenvalue weighted by Gasteiger charge is 2.30. The molecule has 0 radical (unpaired) electrons. The summed E-state index contributed by atoms with van der Waals surface area (Å²) in [7, 11) is 0. The number of H-pyrrole nitrogens is 1. The van der Waals surface area contributed by atoms with Crippen molar-refractivity contribution in [2.75, 3.05) is 6.54 Å². The molecule has 2 nitrogen and oxygen atoms in total. The van der Waals surface area contributed by atoms with Crippen LogP contribution in [-0.4, -0.2) is 11.5 Å². The van der Waals surface area contributed by atoms with Crippen LogP contribution < -0.4 is 5.73 Å². The molecule has 1 unspecified atom stereocenters. The number of para-hydroxylation sites is 1. The van der Waals surface area contributed by atoms with Gasteiger partial charge in [0.25, 0.3) is 0 Å². The lowest BCUT2D eigenvalue weighted by atomic mass is 9.74. The van der Waals surface area contributed by atoms with Gasteiger partial charge in [-0.1, -0.05) is 30.2 Å². The predicted molar refractivity (Wildman–Crippen MR) is 77.2 cm³/mol. The molecular formula is C15H19ClN2. The van der Waals surface area contributed by atoms with Crippen molar-refractivity contribution < 1.29 is 0 Å². The summed E-state index contributed by atoms with van der Waals surface area (Å²) >= 11 is 6.26. The minimum absolute atomic E-state index is 0.460. The van der Waals surface area contributed by atoms with E-state index in [0.717, 1.165) is 23.0 Å². The standard InChI is InChI=1S/C15H19ClN2/c1-9-11-6-3-7-13(16)15(11)18-14(9)12(8-17)10-4-2-5-10/h3,6-7,10,12,18H,2,4-5,8,17H2,1H3. The Balaban J connectivity index is 2.10. The normalized spacial score (nSPS) is 17.9. The van der Waals surface area contributed by atoms with Gasteiger partial charge in [-0.15, -0.1) is 0 Å². The topological polar surface area (TPSA) is 41.8 Å². The van der Waals surface area contributed by atoms with Crippen molar-refractivity contribution in [3.63, 3.8) is 0 Å². The van der Waals surface area contributed by atoms with Gasteiger partial charge < -0.3 is 10.7 Å². The lowest BCUT2D eigenvalue weighted by molar-refractivity contribution is 0.261. The van der Waals surface area contributed by atoms with Gasteiger partial charge in [0, 0.05) is 23.5 Å². The largest absolute Gasteiger partial charge is 0.357 e. The third-order valence-electron chi connectivity index (χ3n) is 4.42. The minimum atomic E-state index is 0.460. The molecule has 1 fully saturated rings. The molecule has 1 heterocycles. The number of hydrogen-bond acceptors (Lipinski definition) is 1. The van der Waals surface area contributed by atoms with E-state index in [0.29, 0.717) is 5.92 Å². The zero-order valence-electron chi connectivity index (χ0n) is 10.7. The smallest absolute Gasteiger partial charge is 0.0648 e. The quantitative estimate of drug-likeness (QED) is 0.863. The number of aromatic amines is 1. The minimum Gasteiger partial charge on any atom is -0.357 e. The monoisotopic (exact) mass is 262 g/mol. The molecule has 1 atom stereocenters. The Morgan fingerprint density at radius 3 is 2.78 bits per heavy atom. The van der Waals surface area contributed by atoms with Crippen LogP contribution in [0.2, 0.25) is 5.02 Å². The molecule has 1 saturated carbocycles. The Hall–Kier alpha value is -0.990. The molecule has 1 aliphatic carbocycles. The van der Waals surface area contributed by atoms with Crippen LogP contribution in [-0.2, 0) is 0 Å². The van der Waals surface area contributed by atoms with Crippen molar-refractivity contribution in [1.29, 1.82) is 0 Å². The van der Waals surface area contributed by atoms with Crippen molar-refractivity contribution >= 4 is 22.5 Å². The van der Waals surface area contributed by atoms with Gasteiger partial charge in [0.2, 0.25) is 0 Å². The molecule has 0 spiro atoms. The highest BCUT2D eigenvalue weighted by Crippen LogP contribution is 2.41. The maximum atomic E-state index is 6.26. The number of aromatic nitrogens is 1. The summed E-state index contributed by atoms with van der Waals surface area (Å²) in [6.45, 7) is 2.89. The van der Waals surface area contributed by atoms with Crippen LogP contribution >= 0.6 is 11.6 Å². The maximum absolute atomic E-state index is 6.26. The number of rotatable bonds is 3. The third-order valence-corrected chi connectivity index (χ3v) is 4.74. The van der Waals surface area contributed by atoms with Crippen molar-refractivity contribution in [1.82, 2.24) is 4.98 Å². The van der Waals surface area contributed by atoms with Gasteiger partial charge >= 0.3 is 0 Å². The third kappa shape index (κ3) is 1.75. The number of aryl methyl sites for hydroxylation is 1. The zero-order valence-corrected chi connectivity index (χ0v) is 11.4. The van der Waals surface area contributed by atoms with Gasteiger partial charge in [-0.25, -0.2) is 0 Å². The molecule has 96 valence electrons. The van der Waals surface area contributed by atoms with E-state index in [4.69, 9.17) is 17.3 Å². The fourth-order valence-corrected chi connectivity index (χ4v) is 3.32. The summed E-state index contributed by atoms with van der Waals surface area (Å²) in [4.78, 5) is 3.52. The second kappa shape index (κ2) is 4.60. The van der Waals surface area contributed by atoms with Gasteiger partial charge in [0.15, 0.2) is 0 Å². The number of nitrogens with one attached hydrogen (secondary N) is 1. The van der Waals surface area contributed by atoms with E-state index in [1.807, 2.05) is 12.1 Å². The van der Waals surface area contributed by atoms with Crippen LogP contribution in [0.1, 0.15) is 36.4 Å². The Labute approximate surface area is 113 Å². The zero-order chi connectivity index (χ0) is 12.7. The SMILES string of the molecule is Cc1c(C(CN)C2CCC2)[nH]c2c(Cl)cccc12. The summed E-state index contributed by atoms with van der Waals surface area (Å²) in [6.07, 6.45) is 3.97. The van der Waals surface area contributed by atoms with Crippen LogP contribution in [0, 0.1) is 12.8 Å². The molecule has 1 aromatic heterocycles. The van der Waals surface area contributed by atoms with Crippen molar-refractivity contribution in [2.24, 2.45) is 11.7 Å². The van der Waals surface area contributed by atoms with Crippen LogP contribution in [0.15, 0.2) is 18.2 Å². The van der Waals surface area contributed by atoms with E-state index in [9.17, 15) is 0 Å². The maximum Gasteiger partial charge on any atom is 0.0648 e. The Bertz CT molecular complexity index is 569. The molecule has 2 aromatic rings. The summed E-state index contributed by atoms with van der Waals surface area (Å²) in [6, 6.07) is 6.07. The molecule has 1 aromatic carbocycles. The number of fused-ring (bicyclic) bond motifs is 1. The number of nitrogens with two attached hydrogens (primary N) is 1. The first-order valence-electron chi connectivity index (χ1n) is 6.69. The van der Waals surface area contributed by atoms with Gasteiger partial charge in [-0.3, -0.25) is 0 Å². The van der Waals surface area contributed by atoms with E-state index in [-0.39, 0.29) is 0 Å². The Kier molecular flexibility index (Phi) is 3.08. The molecule has 1 aliphatic rings. The second-order valence-corrected chi connectivity index (χ2v) is 5.77. The van der Waals surface area contributed by atoms with E-state index in [2.05, 4.69) is 18.0 Å². The average molecular weight is 263 g/mol. The molecular weight excluding hydrogens is 244 g/mol. The van der Waals surface area contributed by atoms with Gasteiger partial charge in [0.1, 0.15) is 0 Å². The Morgan fingerprint density at radius 2 is 2.22 bits per heavy atom. The van der Waals surface area contributed by atoms with Crippen molar-refractivity contribution in [3.8, 4) is 0 Å². The number of hydrogen-bond donors (Lipinski definition) is 2. The molecule has 3 rings (SSSR count). The summed E-state index contributed by atoms with van der Waals surface area (Å²) in [5.74, 6) is 1.21. The van der Waals surface area contributed by atoms with Crippen LogP contribution in [0.4, 0.5) is 0 Å². The first-order chi connectivity index (χ1) is 8.72. The predicted octanol–water partition coefficient (Wildman–Crippen LogP) is 3.97. The van der Waals surface area contributed by atoms with Crippen LogP contribution in [0.25, 0.3) is 10.9 Å². The average Bonchev–Trinajstić information content (AvgIpc) is 2.63. The molecule has 0 amide bonds. The van der Waals surface area contributed by atoms with E-state index >= 15 is 0 Å². The van der Waals surface area contributed by atoms with Crippen molar-refractivity contribution in [3.05, 3.63) is 34.5 Å². The van der Waals surface area contributed by atoms with Gasteiger partial charge in [-0.2, -0.15) is 0 Å². The van der Waals surface area contributed by atoms with E-state index in [1.165, 1.54) is 35.9 Å². The first kappa shape index (κ1) is 12.1. The highest BCUT2D eigenvalue weighted by atomic mass is 35.5. The molecule has 18 heavy (non-hydrogen) atoms. The second-order valence-electron chi connectivity index (χ2n) is 5.36. The lowest BCUT2D eigenvalue weighted by Gasteiger charge is -2.33. The summed E-state index contributed by atoms with van der Waals surface area (Å²) in [5.41, 5.74) is 9.66. The van der Waals surface area contributed by atoms with Crippen LogP contribution in [0.3, 0.4) is 0 Å². The van der Waals surface area contributed by atoms with E-state index < -0.39 is 0 Å². The van der Waals surface area contributed by atoms with Gasteiger partial charge in [0.05, 0.1) is 10.5 Å². The van der Waals surface area contributed by atoms with Crippen LogP contribution in [0.5, 0.6) is 0 Å². The summed E-state index contributed by atoms with van der Waals surface area (Å²) < 4.78 is 0. The Morgan fingerprint density at radius 1 is 1.44 bits per heavy atom. The first-order valence-corrected chi connectivity index (χ1v) is 7.07. The van der Waals surface area contributed by atoms with Gasteiger partial charge in [-0.05, 0) is 37.3 Å². The highest BCUT2D eigenvalue weighted by molar-refractivity contribution is 6.35. The molecule has 3 heteroatoms. The fourth-order valence-electron chi connectivity index (χ4n) is 3.10. The number of benzene rings is 1.